The third kappa shape index (κ3) is 23.0. The smallest absolute Gasteiger partial charge is 0.328 e. The van der Waals surface area contributed by atoms with Gasteiger partial charge in [-0.25, -0.2) is 9.59 Å². The molecule has 0 aromatic heterocycles. The predicted octanol–water partition coefficient (Wildman–Crippen LogP) is 3.84. The molecular formula is C66H103N11O14. The van der Waals surface area contributed by atoms with E-state index in [2.05, 4.69) is 31.9 Å². The van der Waals surface area contributed by atoms with Gasteiger partial charge in [0.25, 0.3) is 0 Å². The summed E-state index contributed by atoms with van der Waals surface area (Å²) in [5.41, 5.74) is 7.43. The molecule has 2 saturated heterocycles. The molecule has 506 valence electrons. The van der Waals surface area contributed by atoms with Gasteiger partial charge in [-0.05, 0) is 101 Å². The molecule has 2 aromatic rings. The lowest BCUT2D eigenvalue weighted by Gasteiger charge is -2.40. The molecule has 2 aliphatic rings. The molecule has 0 bridgehead atoms. The molecule has 2 fully saturated rings. The highest BCUT2D eigenvalue weighted by Gasteiger charge is 2.43. The molecule has 1 unspecified atom stereocenters. The normalized spacial score (nSPS) is 18.2. The number of rotatable bonds is 38. The van der Waals surface area contributed by atoms with Gasteiger partial charge in [-0.3, -0.25) is 53.0 Å². The third-order valence-electron chi connectivity index (χ3n) is 17.5. The van der Waals surface area contributed by atoms with Crippen molar-refractivity contribution in [1.82, 2.24) is 46.2 Å². The van der Waals surface area contributed by atoms with Crippen molar-refractivity contribution in [3.63, 3.8) is 0 Å². The van der Waals surface area contributed by atoms with E-state index in [0.29, 0.717) is 76.7 Å². The van der Waals surface area contributed by atoms with Crippen LogP contribution < -0.4 is 37.6 Å². The molecule has 25 nitrogen and oxygen atoms in total. The molecule has 8 N–H and O–H groups in total. The van der Waals surface area contributed by atoms with Crippen molar-refractivity contribution in [2.45, 2.75) is 193 Å². The first-order chi connectivity index (χ1) is 43.2. The number of carbonyl (C=O) groups excluding carboxylic acids is 11. The van der Waals surface area contributed by atoms with E-state index in [1.165, 1.54) is 33.2 Å². The maximum absolute atomic E-state index is 14.4. The minimum atomic E-state index is -1.04. The van der Waals surface area contributed by atoms with Crippen LogP contribution in [0.2, 0.25) is 0 Å². The summed E-state index contributed by atoms with van der Waals surface area (Å²) in [5, 5.41) is 16.5. The van der Waals surface area contributed by atoms with Crippen molar-refractivity contribution in [3.05, 3.63) is 65.7 Å². The maximum atomic E-state index is 14.4. The standard InChI is InChI=1S/C66H103N11O14/c1-14-41(4)57(52(89-11)39-55(80)76-35-22-26-51(76)58(90-12)43(6)59(81)73-50(65(87)91-13)38-47-23-17-15-18-24-47)75(10)64(86)45(8)70-62(84)56(40(2)3)74(9)36-32-46-28-30-48(31-29-46)71-61(83)49(25-21-33-68-66(67)88)72-60(82)44(7)69-53(78)27-19-16-20-34-77-54(79)37-42(5)63(77)85/h15,17-18,23-24,28-31,40-45,49-52,56-58H,14,16,19-22,25-27,32-39H2,1-13H3,(H,69,78)(H,70,84)(H,71,83)(H,72,82)(H,73,81)(H3,67,68,88)/t41-,42?,43+,44-,45-,49-,50-,51-,52+,56-,57-,58+/m0/s1. The van der Waals surface area contributed by atoms with Crippen LogP contribution in [0.15, 0.2) is 54.6 Å². The number of imide groups is 1. The number of ether oxygens (including phenoxy) is 3. The maximum Gasteiger partial charge on any atom is 0.328 e. The van der Waals surface area contributed by atoms with Crippen LogP contribution >= 0.6 is 0 Å². The molecule has 2 heterocycles. The number of likely N-dealkylation sites (tertiary alicyclic amines) is 2. The highest BCUT2D eigenvalue weighted by Crippen LogP contribution is 2.30. The van der Waals surface area contributed by atoms with Crippen LogP contribution in [0.4, 0.5) is 10.5 Å². The summed E-state index contributed by atoms with van der Waals surface area (Å²) in [5.74, 6) is -5.14. The Bertz CT molecular complexity index is 2750. The number of nitrogens with two attached hydrogens (primary N) is 1. The number of primary amides is 1. The van der Waals surface area contributed by atoms with Crippen molar-refractivity contribution in [1.29, 1.82) is 0 Å². The zero-order valence-corrected chi connectivity index (χ0v) is 55.8. The fourth-order valence-corrected chi connectivity index (χ4v) is 12.2. The Morgan fingerprint density at radius 2 is 1.42 bits per heavy atom. The summed E-state index contributed by atoms with van der Waals surface area (Å²) in [6, 6.07) is 10.1. The summed E-state index contributed by atoms with van der Waals surface area (Å²) in [6.45, 7) is 15.8. The quantitative estimate of drug-likeness (QED) is 0.0285. The Labute approximate surface area is 537 Å². The topological polar surface area (TPSA) is 327 Å². The highest BCUT2D eigenvalue weighted by molar-refractivity contribution is 6.03. The monoisotopic (exact) mass is 1270 g/mol. The van der Waals surface area contributed by atoms with Crippen molar-refractivity contribution in [3.8, 4) is 0 Å². The number of hydrogen-bond acceptors (Lipinski definition) is 15. The number of amides is 11. The zero-order chi connectivity index (χ0) is 67.6. The fourth-order valence-electron chi connectivity index (χ4n) is 12.2. The second-order valence-electron chi connectivity index (χ2n) is 24.8. The van der Waals surface area contributed by atoms with E-state index >= 15 is 0 Å². The van der Waals surface area contributed by atoms with E-state index < -0.39 is 90.1 Å². The zero-order valence-electron chi connectivity index (χ0n) is 55.8. The van der Waals surface area contributed by atoms with E-state index in [0.717, 1.165) is 11.1 Å². The first kappa shape index (κ1) is 75.9. The Kier molecular flexibility index (Phi) is 31.5. The number of methoxy groups -OCH3 is 3. The number of anilines is 1. The number of nitrogens with one attached hydrogen (secondary N) is 6. The number of unbranched alkanes of at least 4 members (excludes halogenated alkanes) is 2. The van der Waals surface area contributed by atoms with Crippen molar-refractivity contribution in [2.75, 3.05) is 66.9 Å². The van der Waals surface area contributed by atoms with Gasteiger partial charge in [0, 0.05) is 78.3 Å². The number of carbonyl (C=O) groups is 11. The van der Waals surface area contributed by atoms with Gasteiger partial charge in [0.15, 0.2) is 0 Å². The van der Waals surface area contributed by atoms with Crippen LogP contribution in [0.3, 0.4) is 0 Å². The Hall–Kier alpha value is -7.51. The van der Waals surface area contributed by atoms with Crippen LogP contribution in [0.25, 0.3) is 0 Å². The van der Waals surface area contributed by atoms with E-state index in [-0.39, 0.29) is 91.8 Å². The summed E-state index contributed by atoms with van der Waals surface area (Å²) in [4.78, 5) is 152. The van der Waals surface area contributed by atoms with Gasteiger partial charge >= 0.3 is 12.0 Å². The van der Waals surface area contributed by atoms with Crippen LogP contribution in [-0.4, -0.2) is 201 Å². The number of likely N-dealkylation sites (N-methyl/N-ethyl adjacent to an activating group) is 2. The lowest BCUT2D eigenvalue weighted by atomic mass is 9.90. The molecule has 0 saturated carbocycles. The van der Waals surface area contributed by atoms with Gasteiger partial charge in [-0.1, -0.05) is 96.8 Å². The number of hydrogen-bond donors (Lipinski definition) is 7. The van der Waals surface area contributed by atoms with E-state index in [9.17, 15) is 52.7 Å². The van der Waals surface area contributed by atoms with Gasteiger partial charge < -0.3 is 61.6 Å². The third-order valence-corrected chi connectivity index (χ3v) is 17.5. The van der Waals surface area contributed by atoms with Crippen LogP contribution in [0.5, 0.6) is 0 Å². The molecule has 2 aliphatic heterocycles. The largest absolute Gasteiger partial charge is 0.467 e. The molecular weight excluding hydrogens is 1170 g/mol. The van der Waals surface area contributed by atoms with E-state index in [1.807, 2.05) is 82.1 Å². The molecule has 0 radical (unpaired) electrons. The van der Waals surface area contributed by atoms with Crippen LogP contribution in [0, 0.1) is 23.7 Å². The SMILES string of the molecule is CC[C@H](C)[C@@H]([C@@H](CC(=O)N1CCC[C@H]1[C@H](OC)[C@@H](C)C(=O)N[C@@H](Cc1ccccc1)C(=O)OC)OC)N(C)C(=O)[C@H](C)NC(=O)[C@H](C(C)C)N(C)CCc1ccc(NC(=O)[C@H](CCCNC(N)=O)NC(=O)[C@H](C)NC(=O)CCCCCN2C(=O)CC(C)C2=O)cc1. The average Bonchev–Trinajstić information content (AvgIpc) is 1.95. The Balaban J connectivity index is 1.33. The predicted molar refractivity (Wildman–Crippen MR) is 343 cm³/mol. The summed E-state index contributed by atoms with van der Waals surface area (Å²) in [6.07, 6.45) is 3.53. The van der Waals surface area contributed by atoms with E-state index in [4.69, 9.17) is 19.9 Å². The summed E-state index contributed by atoms with van der Waals surface area (Å²) in [7, 11) is 7.79. The Morgan fingerprint density at radius 1 is 0.747 bits per heavy atom. The fraction of sp³-hybridized carbons (Fsp3) is 0.652. The number of urea groups is 1. The minimum Gasteiger partial charge on any atom is -0.467 e. The Morgan fingerprint density at radius 3 is 2.01 bits per heavy atom. The number of nitrogens with zero attached hydrogens (tertiary/aromatic N) is 4. The second kappa shape index (κ2) is 37.7. The van der Waals surface area contributed by atoms with E-state index in [1.54, 1.807) is 49.8 Å². The molecule has 2 aromatic carbocycles. The van der Waals surface area contributed by atoms with Crippen molar-refractivity contribution in [2.24, 2.45) is 29.4 Å². The molecule has 4 rings (SSSR count). The molecule has 0 spiro atoms. The summed E-state index contributed by atoms with van der Waals surface area (Å²) >= 11 is 0. The van der Waals surface area contributed by atoms with Gasteiger partial charge in [0.1, 0.15) is 24.2 Å². The van der Waals surface area contributed by atoms with Gasteiger partial charge in [0.2, 0.25) is 53.2 Å². The molecule has 25 heteroatoms. The van der Waals surface area contributed by atoms with Crippen LogP contribution in [-0.2, 0) is 75.0 Å². The van der Waals surface area contributed by atoms with Gasteiger partial charge in [0.05, 0.1) is 49.8 Å². The first-order valence-corrected chi connectivity index (χ1v) is 32.1. The molecule has 11 amide bonds. The molecule has 91 heavy (non-hydrogen) atoms. The molecule has 12 atom stereocenters. The van der Waals surface area contributed by atoms with Crippen LogP contribution in [0.1, 0.15) is 137 Å². The summed E-state index contributed by atoms with van der Waals surface area (Å²) < 4.78 is 17.1. The van der Waals surface area contributed by atoms with Gasteiger partial charge in [-0.2, -0.15) is 0 Å². The second-order valence-corrected chi connectivity index (χ2v) is 24.8. The van der Waals surface area contributed by atoms with Crippen molar-refractivity contribution < 1.29 is 67.0 Å². The highest BCUT2D eigenvalue weighted by atomic mass is 16.5. The average molecular weight is 1270 g/mol. The number of benzene rings is 2. The lowest BCUT2D eigenvalue weighted by molar-refractivity contribution is -0.148. The van der Waals surface area contributed by atoms with Gasteiger partial charge in [-0.15, -0.1) is 0 Å². The minimum absolute atomic E-state index is 0.0697. The lowest BCUT2D eigenvalue weighted by Crippen LogP contribution is -2.58. The van der Waals surface area contributed by atoms with Crippen molar-refractivity contribution >= 4 is 70.9 Å². The number of esters is 1. The molecule has 0 aliphatic carbocycles. The first-order valence-electron chi connectivity index (χ1n) is 32.1.